The van der Waals surface area contributed by atoms with E-state index in [2.05, 4.69) is 15.8 Å². The van der Waals surface area contributed by atoms with Crippen molar-refractivity contribution >= 4 is 41.2 Å². The summed E-state index contributed by atoms with van der Waals surface area (Å²) in [5.41, 5.74) is 2.68. The first-order valence-corrected chi connectivity index (χ1v) is 8.02. The normalized spacial score (nSPS) is 17.0. The molecule has 1 aliphatic heterocycles. The Morgan fingerprint density at radius 1 is 1.38 bits per heavy atom. The summed E-state index contributed by atoms with van der Waals surface area (Å²) in [6.45, 7) is 0.990. The quantitative estimate of drug-likeness (QED) is 0.467. The third-order valence-electron chi connectivity index (χ3n) is 3.32. The van der Waals surface area contributed by atoms with E-state index in [4.69, 9.17) is 32.7 Å². The maximum atomic E-state index is 11.6. The fourth-order valence-corrected chi connectivity index (χ4v) is 2.82. The smallest absolute Gasteiger partial charge is 0.329 e. The first-order chi connectivity index (χ1) is 11.5. The molecule has 7 nitrogen and oxygen atoms in total. The number of nitrogens with zero attached hydrogens (tertiary/aromatic N) is 1. The van der Waals surface area contributed by atoms with Gasteiger partial charge < -0.3 is 14.8 Å². The molecule has 1 heterocycles. The van der Waals surface area contributed by atoms with Gasteiger partial charge in [-0.1, -0.05) is 23.2 Å². The van der Waals surface area contributed by atoms with Crippen molar-refractivity contribution in [2.75, 3.05) is 20.3 Å². The van der Waals surface area contributed by atoms with E-state index in [-0.39, 0.29) is 6.10 Å². The largest absolute Gasteiger partial charge is 0.494 e. The summed E-state index contributed by atoms with van der Waals surface area (Å²) in [5, 5.41) is 6.83. The van der Waals surface area contributed by atoms with E-state index in [1.54, 1.807) is 12.1 Å². The van der Waals surface area contributed by atoms with Crippen molar-refractivity contribution in [1.29, 1.82) is 0 Å². The Hall–Kier alpha value is -1.83. The summed E-state index contributed by atoms with van der Waals surface area (Å²) >= 11 is 12.0. The average Bonchev–Trinajstić information content (AvgIpc) is 3.05. The molecule has 0 bridgehead atoms. The fraction of sp³-hybridized carbons (Fsp3) is 0.400. The van der Waals surface area contributed by atoms with Gasteiger partial charge in [-0.25, -0.2) is 5.43 Å². The van der Waals surface area contributed by atoms with E-state index in [0.29, 0.717) is 34.5 Å². The van der Waals surface area contributed by atoms with Crippen LogP contribution in [0.2, 0.25) is 10.0 Å². The lowest BCUT2D eigenvalue weighted by Crippen LogP contribution is -2.41. The number of benzene rings is 1. The molecule has 1 aromatic carbocycles. The second kappa shape index (κ2) is 8.86. The molecule has 0 radical (unpaired) electrons. The Labute approximate surface area is 149 Å². The van der Waals surface area contributed by atoms with Gasteiger partial charge >= 0.3 is 11.8 Å². The van der Waals surface area contributed by atoms with Crippen molar-refractivity contribution in [2.45, 2.75) is 18.9 Å². The predicted octanol–water partition coefficient (Wildman–Crippen LogP) is 1.75. The molecule has 0 spiro atoms. The second-order valence-electron chi connectivity index (χ2n) is 5.06. The number of methoxy groups -OCH3 is 1. The molecule has 1 aliphatic rings. The molecule has 2 rings (SSSR count). The minimum absolute atomic E-state index is 0.0335. The van der Waals surface area contributed by atoms with E-state index < -0.39 is 11.8 Å². The van der Waals surface area contributed by atoms with Gasteiger partial charge in [0.15, 0.2) is 5.75 Å². The number of hydrogen-bond donors (Lipinski definition) is 2. The zero-order valence-corrected chi connectivity index (χ0v) is 14.5. The van der Waals surface area contributed by atoms with Crippen LogP contribution in [0.25, 0.3) is 0 Å². The summed E-state index contributed by atoms with van der Waals surface area (Å²) in [5.74, 6) is -1.28. The number of carbonyl (C=O) groups excluding carboxylic acids is 2. The number of ether oxygens (including phenoxy) is 2. The Morgan fingerprint density at radius 2 is 2.08 bits per heavy atom. The van der Waals surface area contributed by atoms with Gasteiger partial charge in [-0.2, -0.15) is 5.10 Å². The third kappa shape index (κ3) is 5.09. The molecule has 2 N–H and O–H groups in total. The van der Waals surface area contributed by atoms with E-state index in [1.165, 1.54) is 13.3 Å². The molecule has 130 valence electrons. The number of hydrazone groups is 1. The molecule has 1 fully saturated rings. The van der Waals surface area contributed by atoms with E-state index >= 15 is 0 Å². The number of halogens is 2. The molecule has 1 saturated heterocycles. The Bertz CT molecular complexity index is 623. The number of carbonyl (C=O) groups is 2. The SMILES string of the molecule is COc1c(Cl)cc(/C=N\NC(=O)C(=O)NC[C@@H]2CCCO2)cc1Cl. The molecule has 0 aliphatic carbocycles. The predicted molar refractivity (Wildman–Crippen MR) is 90.7 cm³/mol. The zero-order valence-electron chi connectivity index (χ0n) is 13.0. The topological polar surface area (TPSA) is 89.0 Å². The molecule has 9 heteroatoms. The Morgan fingerprint density at radius 3 is 2.67 bits per heavy atom. The molecule has 0 unspecified atom stereocenters. The van der Waals surface area contributed by atoms with Gasteiger partial charge in [-0.3, -0.25) is 9.59 Å². The van der Waals surface area contributed by atoms with Crippen LogP contribution in [0.5, 0.6) is 5.75 Å². The number of hydrogen-bond acceptors (Lipinski definition) is 5. The van der Waals surface area contributed by atoms with Crippen LogP contribution < -0.4 is 15.5 Å². The van der Waals surface area contributed by atoms with Crippen molar-refractivity contribution in [3.05, 3.63) is 27.7 Å². The van der Waals surface area contributed by atoms with Crippen molar-refractivity contribution in [3.63, 3.8) is 0 Å². The van der Waals surface area contributed by atoms with Crippen LogP contribution in [-0.2, 0) is 14.3 Å². The van der Waals surface area contributed by atoms with Crippen LogP contribution in [-0.4, -0.2) is 44.4 Å². The van der Waals surface area contributed by atoms with E-state index in [0.717, 1.165) is 12.8 Å². The fourth-order valence-electron chi connectivity index (χ4n) is 2.16. The van der Waals surface area contributed by atoms with E-state index in [1.807, 2.05) is 0 Å². The minimum Gasteiger partial charge on any atom is -0.494 e. The number of amides is 2. The van der Waals surface area contributed by atoms with Gasteiger partial charge in [0.2, 0.25) is 0 Å². The molecule has 1 aromatic rings. The van der Waals surface area contributed by atoms with Crippen LogP contribution in [0.1, 0.15) is 18.4 Å². The standard InChI is InChI=1S/C15H17Cl2N3O4/c1-23-13-11(16)5-9(6-12(13)17)7-19-20-15(22)14(21)18-8-10-3-2-4-24-10/h5-7,10H,2-4,8H2,1H3,(H,18,21)(H,20,22)/b19-7-/t10-/m0/s1. The maximum absolute atomic E-state index is 11.6. The van der Waals surface area contributed by atoms with Crippen LogP contribution >= 0.6 is 23.2 Å². The highest BCUT2D eigenvalue weighted by Gasteiger charge is 2.19. The Balaban J connectivity index is 1.84. The molecule has 1 atom stereocenters. The van der Waals surface area contributed by atoms with Gasteiger partial charge in [-0.05, 0) is 30.5 Å². The number of rotatable bonds is 5. The van der Waals surface area contributed by atoms with Gasteiger partial charge in [0.25, 0.3) is 0 Å². The summed E-state index contributed by atoms with van der Waals surface area (Å²) in [7, 11) is 1.45. The highest BCUT2D eigenvalue weighted by molar-refractivity contribution is 6.37. The summed E-state index contributed by atoms with van der Waals surface area (Å²) in [6.07, 6.45) is 3.12. The molecular formula is C15H17Cl2N3O4. The Kier molecular flexibility index (Phi) is 6.84. The third-order valence-corrected chi connectivity index (χ3v) is 3.89. The van der Waals surface area contributed by atoms with E-state index in [9.17, 15) is 9.59 Å². The molecule has 2 amide bonds. The van der Waals surface area contributed by atoms with Crippen molar-refractivity contribution < 1.29 is 19.1 Å². The second-order valence-corrected chi connectivity index (χ2v) is 5.88. The van der Waals surface area contributed by atoms with Gasteiger partial charge in [0, 0.05) is 13.2 Å². The van der Waals surface area contributed by atoms with Crippen molar-refractivity contribution in [2.24, 2.45) is 5.10 Å². The minimum atomic E-state index is -0.866. The summed E-state index contributed by atoms with van der Waals surface area (Å²) in [6, 6.07) is 3.14. The molecule has 0 aromatic heterocycles. The lowest BCUT2D eigenvalue weighted by molar-refractivity contribution is -0.139. The molecule has 0 saturated carbocycles. The van der Waals surface area contributed by atoms with Gasteiger partial charge in [0.05, 0.1) is 29.5 Å². The highest BCUT2D eigenvalue weighted by atomic mass is 35.5. The number of nitrogens with one attached hydrogen (secondary N) is 2. The summed E-state index contributed by atoms with van der Waals surface area (Å²) in [4.78, 5) is 23.2. The average molecular weight is 374 g/mol. The first kappa shape index (κ1) is 18.5. The monoisotopic (exact) mass is 373 g/mol. The maximum Gasteiger partial charge on any atom is 0.329 e. The van der Waals surface area contributed by atoms with Crippen LogP contribution in [0.4, 0.5) is 0 Å². The van der Waals surface area contributed by atoms with Gasteiger partial charge in [-0.15, -0.1) is 0 Å². The highest BCUT2D eigenvalue weighted by Crippen LogP contribution is 2.33. The molecule has 24 heavy (non-hydrogen) atoms. The van der Waals surface area contributed by atoms with Crippen LogP contribution in [0, 0.1) is 0 Å². The first-order valence-electron chi connectivity index (χ1n) is 7.27. The van der Waals surface area contributed by atoms with Gasteiger partial charge in [0.1, 0.15) is 0 Å². The lowest BCUT2D eigenvalue weighted by Gasteiger charge is -2.09. The summed E-state index contributed by atoms with van der Waals surface area (Å²) < 4.78 is 10.4. The lowest BCUT2D eigenvalue weighted by atomic mass is 10.2. The zero-order chi connectivity index (χ0) is 17.5. The van der Waals surface area contributed by atoms with Crippen molar-refractivity contribution in [3.8, 4) is 5.75 Å². The van der Waals surface area contributed by atoms with Crippen molar-refractivity contribution in [1.82, 2.24) is 10.7 Å². The molecular weight excluding hydrogens is 357 g/mol. The van der Waals surface area contributed by atoms with Crippen LogP contribution in [0.15, 0.2) is 17.2 Å². The van der Waals surface area contributed by atoms with Crippen LogP contribution in [0.3, 0.4) is 0 Å².